The molecule has 0 fully saturated rings. The van der Waals surface area contributed by atoms with Gasteiger partial charge in [0, 0.05) is 12.1 Å². The Hall–Kier alpha value is -2.83. The zero-order valence-electron chi connectivity index (χ0n) is 9.88. The van der Waals surface area contributed by atoms with Crippen molar-refractivity contribution >= 4 is 12.0 Å². The Balaban J connectivity index is 2.46. The minimum Gasteiger partial charge on any atom is -0.449 e. The molecular formula is C13H7F2NO4. The van der Waals surface area contributed by atoms with Crippen LogP contribution in [0, 0.1) is 21.7 Å². The molecule has 0 aliphatic carbocycles. The molecular weight excluding hydrogens is 272 g/mol. The van der Waals surface area contributed by atoms with Gasteiger partial charge in [0.25, 0.3) is 0 Å². The van der Waals surface area contributed by atoms with Crippen LogP contribution in [0.3, 0.4) is 0 Å². The van der Waals surface area contributed by atoms with Crippen LogP contribution in [0.2, 0.25) is 0 Å². The molecule has 0 spiro atoms. The van der Waals surface area contributed by atoms with E-state index in [1.165, 1.54) is 0 Å². The number of hydrogen-bond donors (Lipinski definition) is 0. The SMILES string of the molecule is O=Cc1cc(F)ccc1Oc1cc(F)ccc1[N+](=O)[O-]. The lowest BCUT2D eigenvalue weighted by Gasteiger charge is -2.08. The van der Waals surface area contributed by atoms with Gasteiger partial charge in [-0.25, -0.2) is 8.78 Å². The predicted molar refractivity (Wildman–Crippen MR) is 64.9 cm³/mol. The van der Waals surface area contributed by atoms with Crippen LogP contribution in [-0.4, -0.2) is 11.2 Å². The lowest BCUT2D eigenvalue weighted by Crippen LogP contribution is -1.96. The maximum Gasteiger partial charge on any atom is 0.311 e. The van der Waals surface area contributed by atoms with Gasteiger partial charge in [0.2, 0.25) is 5.75 Å². The quantitative estimate of drug-likeness (QED) is 0.488. The standard InChI is InChI=1S/C13H7F2NO4/c14-9-2-4-12(8(5-9)7-17)20-13-6-10(15)1-3-11(13)16(18)19/h1-7H. The summed E-state index contributed by atoms with van der Waals surface area (Å²) < 4.78 is 31.2. The highest BCUT2D eigenvalue weighted by Gasteiger charge is 2.18. The molecule has 0 heterocycles. The van der Waals surface area contributed by atoms with Crippen molar-refractivity contribution < 1.29 is 23.2 Å². The molecule has 2 aromatic carbocycles. The Bertz CT molecular complexity index is 688. The molecule has 0 aliphatic rings. The summed E-state index contributed by atoms with van der Waals surface area (Å²) in [5.74, 6) is -1.87. The van der Waals surface area contributed by atoms with Gasteiger partial charge in [0.15, 0.2) is 6.29 Å². The first kappa shape index (κ1) is 13.6. The molecule has 0 atom stereocenters. The Kier molecular flexibility index (Phi) is 3.69. The highest BCUT2D eigenvalue weighted by atomic mass is 19.1. The highest BCUT2D eigenvalue weighted by Crippen LogP contribution is 2.33. The topological polar surface area (TPSA) is 69.4 Å². The number of carbonyl (C=O) groups excluding carboxylic acids is 1. The number of ether oxygens (including phenoxy) is 1. The molecule has 0 saturated heterocycles. The van der Waals surface area contributed by atoms with E-state index >= 15 is 0 Å². The van der Waals surface area contributed by atoms with Crippen molar-refractivity contribution in [1.29, 1.82) is 0 Å². The van der Waals surface area contributed by atoms with Crippen LogP contribution in [0.1, 0.15) is 10.4 Å². The normalized spacial score (nSPS) is 10.1. The first-order valence-corrected chi connectivity index (χ1v) is 5.38. The van der Waals surface area contributed by atoms with Gasteiger partial charge in [-0.15, -0.1) is 0 Å². The maximum atomic E-state index is 13.1. The fourth-order valence-corrected chi connectivity index (χ4v) is 1.54. The first-order valence-electron chi connectivity index (χ1n) is 5.38. The van der Waals surface area contributed by atoms with E-state index in [0.717, 1.165) is 36.4 Å². The lowest BCUT2D eigenvalue weighted by molar-refractivity contribution is -0.385. The molecule has 20 heavy (non-hydrogen) atoms. The van der Waals surface area contributed by atoms with Crippen molar-refractivity contribution in [3.05, 3.63) is 63.7 Å². The number of rotatable bonds is 4. The van der Waals surface area contributed by atoms with Crippen molar-refractivity contribution in [3.63, 3.8) is 0 Å². The van der Waals surface area contributed by atoms with Gasteiger partial charge in [-0.3, -0.25) is 14.9 Å². The van der Waals surface area contributed by atoms with Crippen LogP contribution >= 0.6 is 0 Å². The van der Waals surface area contributed by atoms with Crippen LogP contribution < -0.4 is 4.74 Å². The summed E-state index contributed by atoms with van der Waals surface area (Å²) in [7, 11) is 0. The van der Waals surface area contributed by atoms with E-state index in [1.54, 1.807) is 0 Å². The Morgan fingerprint density at radius 3 is 2.35 bits per heavy atom. The van der Waals surface area contributed by atoms with E-state index in [2.05, 4.69) is 0 Å². The second-order valence-corrected chi connectivity index (χ2v) is 3.77. The fourth-order valence-electron chi connectivity index (χ4n) is 1.54. The van der Waals surface area contributed by atoms with E-state index in [-0.39, 0.29) is 17.1 Å². The van der Waals surface area contributed by atoms with E-state index < -0.39 is 22.2 Å². The van der Waals surface area contributed by atoms with E-state index in [0.29, 0.717) is 6.29 Å². The molecule has 0 aliphatic heterocycles. The summed E-state index contributed by atoms with van der Waals surface area (Å²) in [6, 6.07) is 5.73. The van der Waals surface area contributed by atoms with Crippen LogP contribution in [0.5, 0.6) is 11.5 Å². The summed E-state index contributed by atoms with van der Waals surface area (Å²) in [5.41, 5.74) is -0.601. The third-order valence-electron chi connectivity index (χ3n) is 2.44. The number of nitro benzene ring substituents is 1. The van der Waals surface area contributed by atoms with Crippen LogP contribution in [0.4, 0.5) is 14.5 Å². The molecule has 2 rings (SSSR count). The van der Waals surface area contributed by atoms with Crippen molar-refractivity contribution in [3.8, 4) is 11.5 Å². The molecule has 0 aromatic heterocycles. The molecule has 0 amide bonds. The average molecular weight is 279 g/mol. The number of carbonyl (C=O) groups is 1. The largest absolute Gasteiger partial charge is 0.449 e. The van der Waals surface area contributed by atoms with Gasteiger partial charge < -0.3 is 4.74 Å². The van der Waals surface area contributed by atoms with E-state index in [1.807, 2.05) is 0 Å². The smallest absolute Gasteiger partial charge is 0.311 e. The Labute approximate surface area is 111 Å². The predicted octanol–water partition coefficient (Wildman–Crippen LogP) is 3.48. The number of halogens is 2. The van der Waals surface area contributed by atoms with Crippen molar-refractivity contribution in [1.82, 2.24) is 0 Å². The van der Waals surface area contributed by atoms with E-state index in [4.69, 9.17) is 4.74 Å². The van der Waals surface area contributed by atoms with E-state index in [9.17, 15) is 23.7 Å². The van der Waals surface area contributed by atoms with Crippen LogP contribution in [0.15, 0.2) is 36.4 Å². The fraction of sp³-hybridized carbons (Fsp3) is 0. The minimum atomic E-state index is -0.751. The lowest BCUT2D eigenvalue weighted by atomic mass is 10.2. The molecule has 0 N–H and O–H groups in total. The summed E-state index contributed by atoms with van der Waals surface area (Å²) in [5, 5.41) is 10.8. The Morgan fingerprint density at radius 1 is 1.05 bits per heavy atom. The number of hydrogen-bond acceptors (Lipinski definition) is 4. The second kappa shape index (κ2) is 5.43. The molecule has 102 valence electrons. The van der Waals surface area contributed by atoms with Gasteiger partial charge in [0.1, 0.15) is 17.4 Å². The second-order valence-electron chi connectivity index (χ2n) is 3.77. The molecule has 0 saturated carbocycles. The Morgan fingerprint density at radius 2 is 1.70 bits per heavy atom. The van der Waals surface area contributed by atoms with Gasteiger partial charge >= 0.3 is 5.69 Å². The zero-order chi connectivity index (χ0) is 14.7. The summed E-state index contributed by atoms with van der Waals surface area (Å²) in [6.45, 7) is 0. The number of nitrogens with zero attached hydrogens (tertiary/aromatic N) is 1. The molecule has 0 radical (unpaired) electrons. The average Bonchev–Trinajstić information content (AvgIpc) is 2.40. The molecule has 0 bridgehead atoms. The maximum absolute atomic E-state index is 13.1. The summed E-state index contributed by atoms with van der Waals surface area (Å²) >= 11 is 0. The molecule has 0 unspecified atom stereocenters. The number of aldehydes is 1. The van der Waals surface area contributed by atoms with Crippen LogP contribution in [-0.2, 0) is 0 Å². The van der Waals surface area contributed by atoms with Crippen molar-refractivity contribution in [2.75, 3.05) is 0 Å². The molecule has 7 heteroatoms. The third kappa shape index (κ3) is 2.77. The molecule has 2 aromatic rings. The van der Waals surface area contributed by atoms with Crippen LogP contribution in [0.25, 0.3) is 0 Å². The summed E-state index contributed by atoms with van der Waals surface area (Å²) in [4.78, 5) is 20.9. The van der Waals surface area contributed by atoms with Crippen molar-refractivity contribution in [2.24, 2.45) is 0 Å². The van der Waals surface area contributed by atoms with Gasteiger partial charge in [-0.1, -0.05) is 0 Å². The van der Waals surface area contributed by atoms with Gasteiger partial charge in [-0.2, -0.15) is 0 Å². The summed E-state index contributed by atoms with van der Waals surface area (Å²) in [6.07, 6.45) is 0.337. The third-order valence-corrected chi connectivity index (χ3v) is 2.44. The number of nitro groups is 1. The zero-order valence-corrected chi connectivity index (χ0v) is 9.88. The van der Waals surface area contributed by atoms with Gasteiger partial charge in [-0.05, 0) is 24.3 Å². The number of benzene rings is 2. The highest BCUT2D eigenvalue weighted by molar-refractivity contribution is 5.79. The molecule has 5 nitrogen and oxygen atoms in total. The minimum absolute atomic E-state index is 0.102. The van der Waals surface area contributed by atoms with Crippen molar-refractivity contribution in [2.45, 2.75) is 0 Å². The monoisotopic (exact) mass is 279 g/mol. The van der Waals surface area contributed by atoms with Gasteiger partial charge in [0.05, 0.1) is 10.5 Å². The first-order chi connectivity index (χ1) is 9.51.